The van der Waals surface area contributed by atoms with E-state index in [0.29, 0.717) is 11.4 Å². The third-order valence-electron chi connectivity index (χ3n) is 3.63. The Morgan fingerprint density at radius 3 is 2.60 bits per heavy atom. The van der Waals surface area contributed by atoms with Crippen LogP contribution in [-0.2, 0) is 24.2 Å². The van der Waals surface area contributed by atoms with Crippen LogP contribution in [0.4, 0.5) is 0 Å². The molecule has 0 aliphatic carbocycles. The van der Waals surface area contributed by atoms with Crippen molar-refractivity contribution in [3.05, 3.63) is 73.9 Å². The number of hydrogen-bond donors (Lipinski definition) is 1. The molecule has 25 heavy (non-hydrogen) atoms. The van der Waals surface area contributed by atoms with E-state index in [0.717, 1.165) is 22.7 Å². The van der Waals surface area contributed by atoms with Gasteiger partial charge in [-0.1, -0.05) is 30.3 Å². The van der Waals surface area contributed by atoms with Gasteiger partial charge >= 0.3 is 0 Å². The maximum atomic E-state index is 12.0. The molecule has 4 nitrogen and oxygen atoms in total. The molecule has 0 atom stereocenters. The number of ketones is 1. The van der Waals surface area contributed by atoms with Crippen molar-refractivity contribution in [2.75, 3.05) is 0 Å². The first kappa shape index (κ1) is 17.5. The molecule has 0 radical (unpaired) electrons. The number of thiophene rings is 1. The highest BCUT2D eigenvalue weighted by molar-refractivity contribution is 7.12. The topological polar surface area (TPSA) is 59.1 Å². The molecule has 0 fully saturated rings. The standard InChI is InChI=1S/C19H18N2O2S2/c1-13(22)17-7-15(11-24-17)8-18(23)20-10-16-12-25-19(21-16)9-14-5-3-2-4-6-14/h2-7,11-12H,8-10H2,1H3,(H,20,23). The summed E-state index contributed by atoms with van der Waals surface area (Å²) < 4.78 is 0. The fourth-order valence-electron chi connectivity index (χ4n) is 2.37. The van der Waals surface area contributed by atoms with E-state index in [9.17, 15) is 9.59 Å². The highest BCUT2D eigenvalue weighted by Gasteiger charge is 2.09. The molecule has 0 aliphatic heterocycles. The minimum atomic E-state index is -0.0643. The largest absolute Gasteiger partial charge is 0.350 e. The summed E-state index contributed by atoms with van der Waals surface area (Å²) in [5.74, 6) is -0.0319. The maximum Gasteiger partial charge on any atom is 0.224 e. The van der Waals surface area contributed by atoms with Gasteiger partial charge in [-0.2, -0.15) is 0 Å². The molecular formula is C19H18N2O2S2. The summed E-state index contributed by atoms with van der Waals surface area (Å²) in [6.45, 7) is 1.96. The molecule has 0 saturated carbocycles. The summed E-state index contributed by atoms with van der Waals surface area (Å²) in [4.78, 5) is 28.6. The van der Waals surface area contributed by atoms with Crippen LogP contribution in [0.3, 0.4) is 0 Å². The van der Waals surface area contributed by atoms with Gasteiger partial charge in [0.1, 0.15) is 0 Å². The lowest BCUT2D eigenvalue weighted by atomic mass is 10.2. The summed E-state index contributed by atoms with van der Waals surface area (Å²) in [6.07, 6.45) is 1.09. The van der Waals surface area contributed by atoms with Crippen LogP contribution < -0.4 is 5.32 Å². The third-order valence-corrected chi connectivity index (χ3v) is 5.61. The van der Waals surface area contributed by atoms with E-state index in [2.05, 4.69) is 22.4 Å². The highest BCUT2D eigenvalue weighted by atomic mass is 32.1. The van der Waals surface area contributed by atoms with Gasteiger partial charge in [-0.3, -0.25) is 9.59 Å². The minimum absolute atomic E-state index is 0.0325. The quantitative estimate of drug-likeness (QED) is 0.643. The van der Waals surface area contributed by atoms with Crippen molar-refractivity contribution >= 4 is 34.4 Å². The minimum Gasteiger partial charge on any atom is -0.350 e. The molecule has 2 heterocycles. The van der Waals surface area contributed by atoms with Gasteiger partial charge in [0.05, 0.1) is 28.5 Å². The van der Waals surface area contributed by atoms with E-state index in [-0.39, 0.29) is 18.1 Å². The van der Waals surface area contributed by atoms with Crippen LogP contribution >= 0.6 is 22.7 Å². The maximum absolute atomic E-state index is 12.0. The predicted octanol–water partition coefficient (Wildman–Crippen LogP) is 3.86. The molecule has 0 spiro atoms. The molecular weight excluding hydrogens is 352 g/mol. The molecule has 3 rings (SSSR count). The van der Waals surface area contributed by atoms with E-state index in [1.54, 1.807) is 17.4 Å². The Morgan fingerprint density at radius 1 is 1.08 bits per heavy atom. The van der Waals surface area contributed by atoms with Gasteiger partial charge in [-0.25, -0.2) is 4.98 Å². The number of rotatable bonds is 7. The number of carbonyl (C=O) groups excluding carboxylic acids is 2. The SMILES string of the molecule is CC(=O)c1cc(CC(=O)NCc2csc(Cc3ccccc3)n2)cs1. The van der Waals surface area contributed by atoms with Gasteiger partial charge in [0.2, 0.25) is 5.91 Å². The molecule has 2 aromatic heterocycles. The smallest absolute Gasteiger partial charge is 0.224 e. The Hall–Kier alpha value is -2.31. The van der Waals surface area contributed by atoms with Gasteiger partial charge in [0, 0.05) is 11.8 Å². The van der Waals surface area contributed by atoms with Crippen molar-refractivity contribution in [3.63, 3.8) is 0 Å². The molecule has 1 N–H and O–H groups in total. The number of hydrogen-bond acceptors (Lipinski definition) is 5. The van der Waals surface area contributed by atoms with Crippen molar-refractivity contribution in [3.8, 4) is 0 Å². The van der Waals surface area contributed by atoms with Crippen LogP contribution in [0.5, 0.6) is 0 Å². The lowest BCUT2D eigenvalue weighted by molar-refractivity contribution is -0.120. The molecule has 0 saturated heterocycles. The number of nitrogens with zero attached hydrogens (tertiary/aromatic N) is 1. The van der Waals surface area contributed by atoms with E-state index >= 15 is 0 Å². The molecule has 0 bridgehead atoms. The summed E-state index contributed by atoms with van der Waals surface area (Å²) in [7, 11) is 0. The number of Topliss-reactive ketones (excluding diaryl/α,β-unsaturated/α-hetero) is 1. The summed E-state index contributed by atoms with van der Waals surface area (Å²) in [6, 6.07) is 12.0. The fourth-order valence-corrected chi connectivity index (χ4v) is 4.01. The van der Waals surface area contributed by atoms with Gasteiger partial charge in [0.25, 0.3) is 0 Å². The zero-order valence-electron chi connectivity index (χ0n) is 13.8. The average molecular weight is 370 g/mol. The second kappa shape index (κ2) is 8.18. The molecule has 3 aromatic rings. The Morgan fingerprint density at radius 2 is 1.88 bits per heavy atom. The molecule has 6 heteroatoms. The van der Waals surface area contributed by atoms with Crippen molar-refractivity contribution in [1.82, 2.24) is 10.3 Å². The van der Waals surface area contributed by atoms with E-state index in [1.807, 2.05) is 29.0 Å². The fraction of sp³-hybridized carbons (Fsp3) is 0.211. The average Bonchev–Trinajstić information content (AvgIpc) is 3.23. The third kappa shape index (κ3) is 5.08. The normalized spacial score (nSPS) is 10.6. The number of aromatic nitrogens is 1. The Labute approximate surface area is 154 Å². The molecule has 0 unspecified atom stereocenters. The van der Waals surface area contributed by atoms with Gasteiger partial charge < -0.3 is 5.32 Å². The Bertz CT molecular complexity index is 868. The molecule has 1 aromatic carbocycles. The van der Waals surface area contributed by atoms with Crippen molar-refractivity contribution in [1.29, 1.82) is 0 Å². The van der Waals surface area contributed by atoms with E-state index in [1.165, 1.54) is 23.8 Å². The first-order valence-corrected chi connectivity index (χ1v) is 9.68. The molecule has 1 amide bonds. The van der Waals surface area contributed by atoms with Crippen LogP contribution in [0, 0.1) is 0 Å². The lowest BCUT2D eigenvalue weighted by Crippen LogP contribution is -2.24. The first-order chi connectivity index (χ1) is 12.1. The van der Waals surface area contributed by atoms with E-state index in [4.69, 9.17) is 0 Å². The van der Waals surface area contributed by atoms with Crippen molar-refractivity contribution < 1.29 is 9.59 Å². The van der Waals surface area contributed by atoms with Crippen LogP contribution in [0.25, 0.3) is 0 Å². The van der Waals surface area contributed by atoms with E-state index < -0.39 is 0 Å². The predicted molar refractivity (Wildman–Crippen MR) is 101 cm³/mol. The molecule has 0 aliphatic rings. The van der Waals surface area contributed by atoms with Crippen LogP contribution in [0.2, 0.25) is 0 Å². The molecule has 128 valence electrons. The second-order valence-electron chi connectivity index (χ2n) is 5.72. The monoisotopic (exact) mass is 370 g/mol. The van der Waals surface area contributed by atoms with Crippen LogP contribution in [0.15, 0.2) is 47.2 Å². The van der Waals surface area contributed by atoms with Crippen LogP contribution in [0.1, 0.15) is 38.4 Å². The Kier molecular flexibility index (Phi) is 5.73. The second-order valence-corrected chi connectivity index (χ2v) is 7.58. The zero-order chi connectivity index (χ0) is 17.6. The van der Waals surface area contributed by atoms with Crippen molar-refractivity contribution in [2.24, 2.45) is 0 Å². The zero-order valence-corrected chi connectivity index (χ0v) is 15.5. The number of amides is 1. The first-order valence-electron chi connectivity index (χ1n) is 7.92. The van der Waals surface area contributed by atoms with Gasteiger partial charge in [0.15, 0.2) is 5.78 Å². The van der Waals surface area contributed by atoms with Crippen molar-refractivity contribution in [2.45, 2.75) is 26.3 Å². The Balaban J connectivity index is 1.49. The summed E-state index contributed by atoms with van der Waals surface area (Å²) in [5, 5.41) is 7.77. The lowest BCUT2D eigenvalue weighted by Gasteiger charge is -2.02. The highest BCUT2D eigenvalue weighted by Crippen LogP contribution is 2.16. The number of thiazole rings is 1. The van der Waals surface area contributed by atoms with Crippen LogP contribution in [-0.4, -0.2) is 16.7 Å². The summed E-state index contributed by atoms with van der Waals surface area (Å²) in [5.41, 5.74) is 2.97. The van der Waals surface area contributed by atoms with Gasteiger partial charge in [-0.15, -0.1) is 22.7 Å². The summed E-state index contributed by atoms with van der Waals surface area (Å²) >= 11 is 2.99. The number of benzene rings is 1. The number of nitrogens with one attached hydrogen (secondary N) is 1. The number of carbonyl (C=O) groups is 2. The van der Waals surface area contributed by atoms with Gasteiger partial charge in [-0.05, 0) is 29.5 Å².